The average molecular weight is 288 g/mol. The average Bonchev–Trinajstić information content (AvgIpc) is 3.05. The van der Waals surface area contributed by atoms with Crippen molar-refractivity contribution in [2.24, 2.45) is 0 Å². The minimum Gasteiger partial charge on any atom is -0.484 e. The number of furan rings is 1. The Bertz CT molecular complexity index is 567. The summed E-state index contributed by atoms with van der Waals surface area (Å²) in [6.07, 6.45) is 1.43. The summed E-state index contributed by atoms with van der Waals surface area (Å²) in [7, 11) is 0. The second-order valence-electron chi connectivity index (χ2n) is 4.18. The van der Waals surface area contributed by atoms with E-state index >= 15 is 0 Å². The first-order valence-corrected chi connectivity index (χ1v) is 6.52. The van der Waals surface area contributed by atoms with Crippen molar-refractivity contribution in [2.45, 2.75) is 0 Å². The molecule has 1 heterocycles. The number of rotatable bonds is 7. The Balaban J connectivity index is 1.58. The summed E-state index contributed by atoms with van der Waals surface area (Å²) in [5.74, 6) is 0.327. The molecule has 0 fully saturated rings. The zero-order valence-corrected chi connectivity index (χ0v) is 11.4. The maximum absolute atomic E-state index is 11.5. The van der Waals surface area contributed by atoms with E-state index in [4.69, 9.17) is 9.15 Å². The number of benzene rings is 1. The van der Waals surface area contributed by atoms with Crippen LogP contribution in [0.15, 0.2) is 53.1 Å². The van der Waals surface area contributed by atoms with E-state index in [2.05, 4.69) is 10.6 Å². The van der Waals surface area contributed by atoms with Gasteiger partial charge in [0.2, 0.25) is 0 Å². The molecular weight excluding hydrogens is 272 g/mol. The molecule has 0 unspecified atom stereocenters. The number of hydrogen-bond donors (Lipinski definition) is 2. The van der Waals surface area contributed by atoms with Gasteiger partial charge in [-0.25, -0.2) is 0 Å². The molecule has 0 saturated carbocycles. The molecule has 1 aromatic carbocycles. The largest absolute Gasteiger partial charge is 0.484 e. The normalized spacial score (nSPS) is 9.90. The molecule has 1 aromatic heterocycles. The summed E-state index contributed by atoms with van der Waals surface area (Å²) in [6.45, 7) is 0.580. The van der Waals surface area contributed by atoms with Crippen LogP contribution in [0.3, 0.4) is 0 Å². The van der Waals surface area contributed by atoms with E-state index in [-0.39, 0.29) is 24.2 Å². The van der Waals surface area contributed by atoms with Crippen LogP contribution in [0.1, 0.15) is 10.6 Å². The fourth-order valence-corrected chi connectivity index (χ4v) is 1.59. The molecule has 2 rings (SSSR count). The number of amides is 2. The molecule has 6 nitrogen and oxygen atoms in total. The Labute approximate surface area is 122 Å². The molecule has 110 valence electrons. The maximum Gasteiger partial charge on any atom is 0.287 e. The fraction of sp³-hybridized carbons (Fsp3) is 0.200. The predicted octanol–water partition coefficient (Wildman–Crippen LogP) is 1.20. The quantitative estimate of drug-likeness (QED) is 0.750. The van der Waals surface area contributed by atoms with E-state index in [1.54, 1.807) is 24.3 Å². The van der Waals surface area contributed by atoms with Crippen molar-refractivity contribution < 1.29 is 18.7 Å². The van der Waals surface area contributed by atoms with Crippen molar-refractivity contribution in [2.75, 3.05) is 19.7 Å². The Morgan fingerprint density at radius 2 is 1.76 bits per heavy atom. The Morgan fingerprint density at radius 1 is 1.00 bits per heavy atom. The maximum atomic E-state index is 11.5. The number of para-hydroxylation sites is 1. The van der Waals surface area contributed by atoms with Gasteiger partial charge in [0.05, 0.1) is 6.26 Å². The van der Waals surface area contributed by atoms with E-state index in [1.807, 2.05) is 18.2 Å². The van der Waals surface area contributed by atoms with Crippen LogP contribution in [0.2, 0.25) is 0 Å². The smallest absolute Gasteiger partial charge is 0.287 e. The summed E-state index contributed by atoms with van der Waals surface area (Å²) >= 11 is 0. The van der Waals surface area contributed by atoms with Gasteiger partial charge in [-0.15, -0.1) is 0 Å². The van der Waals surface area contributed by atoms with Crippen LogP contribution >= 0.6 is 0 Å². The van der Waals surface area contributed by atoms with Gasteiger partial charge < -0.3 is 19.8 Å². The van der Waals surface area contributed by atoms with E-state index in [0.29, 0.717) is 18.8 Å². The highest BCUT2D eigenvalue weighted by atomic mass is 16.5. The van der Waals surface area contributed by atoms with E-state index < -0.39 is 0 Å². The minimum absolute atomic E-state index is 0.0594. The standard InChI is InChI=1S/C15H16N2O4/c18-14(11-21-12-5-2-1-3-6-12)16-8-9-17-15(19)13-7-4-10-20-13/h1-7,10H,8-9,11H2,(H,16,18)(H,17,19). The van der Waals surface area contributed by atoms with Crippen LogP contribution in [0, 0.1) is 0 Å². The lowest BCUT2D eigenvalue weighted by Gasteiger charge is -2.07. The van der Waals surface area contributed by atoms with Crippen molar-refractivity contribution >= 4 is 11.8 Å². The first kappa shape index (κ1) is 14.6. The first-order chi connectivity index (χ1) is 10.3. The lowest BCUT2D eigenvalue weighted by atomic mass is 10.3. The molecular formula is C15H16N2O4. The van der Waals surface area contributed by atoms with Crippen molar-refractivity contribution in [1.29, 1.82) is 0 Å². The van der Waals surface area contributed by atoms with Gasteiger partial charge in [-0.05, 0) is 24.3 Å². The molecule has 0 aliphatic rings. The molecule has 0 saturated heterocycles. The van der Waals surface area contributed by atoms with Gasteiger partial charge in [0, 0.05) is 13.1 Å². The van der Waals surface area contributed by atoms with E-state index in [0.717, 1.165) is 0 Å². The number of nitrogens with one attached hydrogen (secondary N) is 2. The van der Waals surface area contributed by atoms with E-state index in [1.165, 1.54) is 6.26 Å². The zero-order valence-electron chi connectivity index (χ0n) is 11.4. The lowest BCUT2D eigenvalue weighted by Crippen LogP contribution is -2.36. The minimum atomic E-state index is -0.310. The first-order valence-electron chi connectivity index (χ1n) is 6.52. The molecule has 0 bridgehead atoms. The van der Waals surface area contributed by atoms with Gasteiger partial charge in [-0.3, -0.25) is 9.59 Å². The molecule has 0 atom stereocenters. The molecule has 0 aliphatic carbocycles. The number of hydrogen-bond acceptors (Lipinski definition) is 4. The number of carbonyl (C=O) groups is 2. The van der Waals surface area contributed by atoms with Gasteiger partial charge in [0.15, 0.2) is 12.4 Å². The van der Waals surface area contributed by atoms with Crippen LogP contribution < -0.4 is 15.4 Å². The Hall–Kier alpha value is -2.76. The monoisotopic (exact) mass is 288 g/mol. The van der Waals surface area contributed by atoms with Gasteiger partial charge in [-0.1, -0.05) is 18.2 Å². The summed E-state index contributed by atoms with van der Waals surface area (Å²) < 4.78 is 10.2. The molecule has 6 heteroatoms. The van der Waals surface area contributed by atoms with Crippen molar-refractivity contribution in [1.82, 2.24) is 10.6 Å². The van der Waals surface area contributed by atoms with Crippen molar-refractivity contribution in [3.63, 3.8) is 0 Å². The zero-order chi connectivity index (χ0) is 14.9. The molecule has 21 heavy (non-hydrogen) atoms. The lowest BCUT2D eigenvalue weighted by molar-refractivity contribution is -0.123. The van der Waals surface area contributed by atoms with Crippen LogP contribution in [0.25, 0.3) is 0 Å². The van der Waals surface area contributed by atoms with Gasteiger partial charge in [0.25, 0.3) is 11.8 Å². The van der Waals surface area contributed by atoms with Crippen LogP contribution in [-0.4, -0.2) is 31.5 Å². The predicted molar refractivity (Wildman–Crippen MR) is 76.0 cm³/mol. The number of carbonyl (C=O) groups excluding carboxylic acids is 2. The highest BCUT2D eigenvalue weighted by Gasteiger charge is 2.07. The summed E-state index contributed by atoms with van der Waals surface area (Å²) in [4.78, 5) is 23.0. The summed E-state index contributed by atoms with van der Waals surface area (Å²) in [5.41, 5.74) is 0. The highest BCUT2D eigenvalue weighted by Crippen LogP contribution is 2.07. The third-order valence-electron chi connectivity index (χ3n) is 2.59. The third kappa shape index (κ3) is 5.02. The summed E-state index contributed by atoms with van der Waals surface area (Å²) in [5, 5.41) is 5.27. The molecule has 2 aromatic rings. The summed E-state index contributed by atoms with van der Waals surface area (Å²) in [6, 6.07) is 12.3. The second-order valence-corrected chi connectivity index (χ2v) is 4.18. The molecule has 2 amide bonds. The Morgan fingerprint density at radius 3 is 2.48 bits per heavy atom. The van der Waals surface area contributed by atoms with Crippen molar-refractivity contribution in [3.8, 4) is 5.75 Å². The molecule has 0 aliphatic heterocycles. The fourth-order valence-electron chi connectivity index (χ4n) is 1.59. The molecule has 2 N–H and O–H groups in total. The SMILES string of the molecule is O=C(COc1ccccc1)NCCNC(=O)c1ccco1. The van der Waals surface area contributed by atoms with Crippen LogP contribution in [-0.2, 0) is 4.79 Å². The Kier molecular flexibility index (Phi) is 5.40. The van der Waals surface area contributed by atoms with Crippen molar-refractivity contribution in [3.05, 3.63) is 54.5 Å². The van der Waals surface area contributed by atoms with Gasteiger partial charge >= 0.3 is 0 Å². The number of ether oxygens (including phenoxy) is 1. The molecule has 0 radical (unpaired) electrons. The second kappa shape index (κ2) is 7.74. The van der Waals surface area contributed by atoms with Gasteiger partial charge in [0.1, 0.15) is 5.75 Å². The molecule has 0 spiro atoms. The van der Waals surface area contributed by atoms with E-state index in [9.17, 15) is 9.59 Å². The van der Waals surface area contributed by atoms with Crippen LogP contribution in [0.4, 0.5) is 0 Å². The highest BCUT2D eigenvalue weighted by molar-refractivity contribution is 5.91. The topological polar surface area (TPSA) is 80.6 Å². The van der Waals surface area contributed by atoms with Gasteiger partial charge in [-0.2, -0.15) is 0 Å². The van der Waals surface area contributed by atoms with Crippen LogP contribution in [0.5, 0.6) is 5.75 Å². The third-order valence-corrected chi connectivity index (χ3v) is 2.59.